The first-order chi connectivity index (χ1) is 7.97. The number of carbonyl (C=O) groups excluding carboxylic acids is 1. The number of aromatic amines is 1. The van der Waals surface area contributed by atoms with E-state index in [1.807, 2.05) is 0 Å². The van der Waals surface area contributed by atoms with Gasteiger partial charge in [-0.2, -0.15) is 0 Å². The van der Waals surface area contributed by atoms with Gasteiger partial charge in [-0.3, -0.25) is 9.59 Å². The van der Waals surface area contributed by atoms with Crippen LogP contribution in [0.2, 0.25) is 5.15 Å². The normalized spacial score (nSPS) is 10.6. The van der Waals surface area contributed by atoms with E-state index in [4.69, 9.17) is 11.6 Å². The van der Waals surface area contributed by atoms with Gasteiger partial charge in [0.25, 0.3) is 6.43 Å². The lowest BCUT2D eigenvalue weighted by Gasteiger charge is -2.05. The summed E-state index contributed by atoms with van der Waals surface area (Å²) in [5.74, 6) is -0.652. The largest absolute Gasteiger partial charge is 0.466 e. The van der Waals surface area contributed by atoms with Crippen molar-refractivity contribution < 1.29 is 18.3 Å². The Morgan fingerprint density at radius 3 is 2.76 bits per heavy atom. The standard InChI is InChI=1S/C10H10ClF2NO3/c1-2-17-6(15)3-5-4-14-9(11)7(8(5)16)10(12)13/h4,10H,2-3H2,1H3,(H,14,16). The molecule has 4 nitrogen and oxygen atoms in total. The maximum Gasteiger partial charge on any atom is 0.310 e. The number of carbonyl (C=O) groups is 1. The first-order valence-corrected chi connectivity index (χ1v) is 5.18. The third-order valence-electron chi connectivity index (χ3n) is 2.00. The quantitative estimate of drug-likeness (QED) is 0.670. The van der Waals surface area contributed by atoms with Gasteiger partial charge in [0.05, 0.1) is 13.0 Å². The Morgan fingerprint density at radius 1 is 1.59 bits per heavy atom. The van der Waals surface area contributed by atoms with E-state index in [1.54, 1.807) is 6.92 Å². The fourth-order valence-corrected chi connectivity index (χ4v) is 1.48. The van der Waals surface area contributed by atoms with Crippen LogP contribution in [-0.2, 0) is 16.0 Å². The number of H-pyrrole nitrogens is 1. The molecule has 0 aliphatic rings. The first kappa shape index (κ1) is 13.6. The summed E-state index contributed by atoms with van der Waals surface area (Å²) in [6, 6.07) is 0. The van der Waals surface area contributed by atoms with Gasteiger partial charge in [-0.1, -0.05) is 11.6 Å². The third kappa shape index (κ3) is 3.26. The van der Waals surface area contributed by atoms with E-state index in [0.29, 0.717) is 0 Å². The maximum atomic E-state index is 12.5. The minimum Gasteiger partial charge on any atom is -0.466 e. The van der Waals surface area contributed by atoms with Crippen molar-refractivity contribution >= 4 is 17.6 Å². The van der Waals surface area contributed by atoms with Crippen molar-refractivity contribution in [3.8, 4) is 0 Å². The summed E-state index contributed by atoms with van der Waals surface area (Å²) in [5.41, 5.74) is -1.85. The van der Waals surface area contributed by atoms with Gasteiger partial charge in [0.15, 0.2) is 5.43 Å². The van der Waals surface area contributed by atoms with E-state index in [-0.39, 0.29) is 18.6 Å². The third-order valence-corrected chi connectivity index (χ3v) is 2.32. The van der Waals surface area contributed by atoms with Gasteiger partial charge in [-0.05, 0) is 6.92 Å². The highest BCUT2D eigenvalue weighted by atomic mass is 35.5. The molecule has 0 unspecified atom stereocenters. The summed E-state index contributed by atoms with van der Waals surface area (Å²) in [4.78, 5) is 25.0. The molecule has 0 bridgehead atoms. The van der Waals surface area contributed by atoms with Crippen molar-refractivity contribution in [2.45, 2.75) is 19.8 Å². The predicted octanol–water partition coefficient (Wildman–Crippen LogP) is 2.07. The number of halogens is 3. The summed E-state index contributed by atoms with van der Waals surface area (Å²) in [5, 5.41) is -0.419. The highest BCUT2D eigenvalue weighted by Crippen LogP contribution is 2.22. The Hall–Kier alpha value is -1.43. The molecular formula is C10H10ClF2NO3. The lowest BCUT2D eigenvalue weighted by molar-refractivity contribution is -0.142. The molecular weight excluding hydrogens is 256 g/mol. The summed E-state index contributed by atoms with van der Waals surface area (Å²) in [6.45, 7) is 1.76. The number of aromatic nitrogens is 1. The summed E-state index contributed by atoms with van der Waals surface area (Å²) >= 11 is 5.44. The van der Waals surface area contributed by atoms with E-state index in [0.717, 1.165) is 6.20 Å². The van der Waals surface area contributed by atoms with E-state index in [9.17, 15) is 18.4 Å². The molecule has 0 radical (unpaired) electrons. The van der Waals surface area contributed by atoms with Crippen molar-refractivity contribution in [1.82, 2.24) is 4.98 Å². The average Bonchev–Trinajstić information content (AvgIpc) is 2.22. The molecule has 0 fully saturated rings. The number of rotatable bonds is 4. The summed E-state index contributed by atoms with van der Waals surface area (Å²) in [6.07, 6.45) is -2.22. The first-order valence-electron chi connectivity index (χ1n) is 4.81. The van der Waals surface area contributed by atoms with Crippen LogP contribution in [0, 0.1) is 0 Å². The van der Waals surface area contributed by atoms with Gasteiger partial charge in [-0.15, -0.1) is 0 Å². The zero-order chi connectivity index (χ0) is 13.0. The van der Waals surface area contributed by atoms with Gasteiger partial charge >= 0.3 is 5.97 Å². The van der Waals surface area contributed by atoms with Crippen molar-refractivity contribution in [2.24, 2.45) is 0 Å². The molecule has 0 aromatic carbocycles. The minimum absolute atomic E-state index is 0.0943. The maximum absolute atomic E-state index is 12.5. The van der Waals surface area contributed by atoms with Crippen LogP contribution >= 0.6 is 11.6 Å². The lowest BCUT2D eigenvalue weighted by atomic mass is 10.1. The number of alkyl halides is 2. The fourth-order valence-electron chi connectivity index (χ4n) is 1.26. The Labute approximate surface area is 101 Å². The Bertz CT molecular complexity index is 473. The van der Waals surface area contributed by atoms with Crippen LogP contribution in [0.5, 0.6) is 0 Å². The predicted molar refractivity (Wildman–Crippen MR) is 57.4 cm³/mol. The molecule has 0 atom stereocenters. The molecule has 1 rings (SSSR count). The second kappa shape index (κ2) is 5.77. The zero-order valence-corrected chi connectivity index (χ0v) is 9.68. The average molecular weight is 266 g/mol. The zero-order valence-electron chi connectivity index (χ0n) is 8.93. The molecule has 0 amide bonds. The number of nitrogens with one attached hydrogen (secondary N) is 1. The monoisotopic (exact) mass is 265 g/mol. The molecule has 1 heterocycles. The number of ether oxygens (including phenoxy) is 1. The molecule has 7 heteroatoms. The van der Waals surface area contributed by atoms with Crippen molar-refractivity contribution in [3.63, 3.8) is 0 Å². The highest BCUT2D eigenvalue weighted by molar-refractivity contribution is 6.30. The van der Waals surface area contributed by atoms with E-state index in [1.165, 1.54) is 0 Å². The Morgan fingerprint density at radius 2 is 2.24 bits per heavy atom. The van der Waals surface area contributed by atoms with E-state index < -0.39 is 28.5 Å². The number of hydrogen-bond donors (Lipinski definition) is 1. The van der Waals surface area contributed by atoms with Crippen LogP contribution < -0.4 is 5.43 Å². The molecule has 0 aliphatic heterocycles. The van der Waals surface area contributed by atoms with Crippen molar-refractivity contribution in [3.05, 3.63) is 32.7 Å². The summed E-state index contributed by atoms with van der Waals surface area (Å²) in [7, 11) is 0. The molecule has 94 valence electrons. The molecule has 0 saturated carbocycles. The highest BCUT2D eigenvalue weighted by Gasteiger charge is 2.20. The molecule has 17 heavy (non-hydrogen) atoms. The Kier molecular flexibility index (Phi) is 4.62. The molecule has 1 aromatic rings. The van der Waals surface area contributed by atoms with Gasteiger partial charge in [0.2, 0.25) is 0 Å². The minimum atomic E-state index is -2.99. The molecule has 0 spiro atoms. The van der Waals surface area contributed by atoms with Crippen LogP contribution in [0.4, 0.5) is 8.78 Å². The van der Waals surface area contributed by atoms with Crippen LogP contribution in [-0.4, -0.2) is 17.6 Å². The Balaban J connectivity index is 3.07. The topological polar surface area (TPSA) is 59.2 Å². The molecule has 1 N–H and O–H groups in total. The van der Waals surface area contributed by atoms with Crippen molar-refractivity contribution in [2.75, 3.05) is 6.61 Å². The van der Waals surface area contributed by atoms with Gasteiger partial charge in [0, 0.05) is 11.8 Å². The second-order valence-corrected chi connectivity index (χ2v) is 3.53. The van der Waals surface area contributed by atoms with Crippen LogP contribution in [0.3, 0.4) is 0 Å². The fraction of sp³-hybridized carbons (Fsp3) is 0.400. The molecule has 0 saturated heterocycles. The second-order valence-electron chi connectivity index (χ2n) is 3.15. The van der Waals surface area contributed by atoms with Gasteiger partial charge in [0.1, 0.15) is 10.7 Å². The summed E-state index contributed by atoms with van der Waals surface area (Å²) < 4.78 is 29.7. The van der Waals surface area contributed by atoms with Crippen LogP contribution in [0.25, 0.3) is 0 Å². The van der Waals surface area contributed by atoms with Crippen LogP contribution in [0.1, 0.15) is 24.5 Å². The smallest absolute Gasteiger partial charge is 0.310 e. The van der Waals surface area contributed by atoms with E-state index >= 15 is 0 Å². The number of pyridine rings is 1. The molecule has 0 aliphatic carbocycles. The van der Waals surface area contributed by atoms with E-state index in [2.05, 4.69) is 9.72 Å². The number of hydrogen-bond acceptors (Lipinski definition) is 3. The van der Waals surface area contributed by atoms with Crippen molar-refractivity contribution in [1.29, 1.82) is 0 Å². The number of esters is 1. The van der Waals surface area contributed by atoms with Crippen LogP contribution in [0.15, 0.2) is 11.0 Å². The SMILES string of the molecule is CCOC(=O)Cc1c[nH]c(Cl)c(C(F)F)c1=O. The van der Waals surface area contributed by atoms with Gasteiger partial charge in [-0.25, -0.2) is 8.78 Å². The lowest BCUT2D eigenvalue weighted by Crippen LogP contribution is -2.20. The van der Waals surface area contributed by atoms with Gasteiger partial charge < -0.3 is 9.72 Å². The molecule has 1 aromatic heterocycles.